The summed E-state index contributed by atoms with van der Waals surface area (Å²) in [6, 6.07) is 3.98. The van der Waals surface area contributed by atoms with Gasteiger partial charge in [0.15, 0.2) is 0 Å². The molecule has 1 unspecified atom stereocenters. The van der Waals surface area contributed by atoms with E-state index in [1.54, 1.807) is 12.1 Å². The molecule has 0 spiro atoms. The van der Waals surface area contributed by atoms with Crippen molar-refractivity contribution in [3.8, 4) is 0 Å². The van der Waals surface area contributed by atoms with Crippen LogP contribution in [0.1, 0.15) is 26.2 Å². The standard InChI is InChI=1S/C15H22FN3O2/c1-2-11(10-20)17-15(21)18-12-5-6-14(13(16)9-12)19-7-3-4-8-19/h5-6,9,11,20H,2-4,7-8,10H2,1H3,(H2,17,18,21). The summed E-state index contributed by atoms with van der Waals surface area (Å²) in [5.74, 6) is -0.330. The summed E-state index contributed by atoms with van der Waals surface area (Å²) in [5.41, 5.74) is 0.987. The van der Waals surface area contributed by atoms with Crippen molar-refractivity contribution in [1.82, 2.24) is 5.32 Å². The van der Waals surface area contributed by atoms with Gasteiger partial charge in [0.2, 0.25) is 0 Å². The average molecular weight is 295 g/mol. The van der Waals surface area contributed by atoms with Gasteiger partial charge in [-0.3, -0.25) is 0 Å². The van der Waals surface area contributed by atoms with E-state index < -0.39 is 6.03 Å². The fourth-order valence-corrected chi connectivity index (χ4v) is 2.43. The SMILES string of the molecule is CCC(CO)NC(=O)Nc1ccc(N2CCCC2)c(F)c1. The van der Waals surface area contributed by atoms with E-state index >= 15 is 0 Å². The fraction of sp³-hybridized carbons (Fsp3) is 0.533. The summed E-state index contributed by atoms with van der Waals surface area (Å²) in [4.78, 5) is 13.7. The molecule has 116 valence electrons. The van der Waals surface area contributed by atoms with Gasteiger partial charge in [-0.25, -0.2) is 9.18 Å². The van der Waals surface area contributed by atoms with Crippen molar-refractivity contribution >= 4 is 17.4 Å². The highest BCUT2D eigenvalue weighted by molar-refractivity contribution is 5.89. The Balaban J connectivity index is 1.98. The Kier molecular flexibility index (Phi) is 5.38. The Bertz CT molecular complexity index is 486. The van der Waals surface area contributed by atoms with Crippen molar-refractivity contribution in [3.63, 3.8) is 0 Å². The van der Waals surface area contributed by atoms with Crippen LogP contribution in [0.15, 0.2) is 18.2 Å². The quantitative estimate of drug-likeness (QED) is 0.781. The molecule has 1 aromatic carbocycles. The number of rotatable bonds is 5. The Labute approximate surface area is 124 Å². The van der Waals surface area contributed by atoms with E-state index in [9.17, 15) is 9.18 Å². The largest absolute Gasteiger partial charge is 0.394 e. The molecule has 1 heterocycles. The zero-order valence-electron chi connectivity index (χ0n) is 12.2. The van der Waals surface area contributed by atoms with Gasteiger partial charge in [-0.2, -0.15) is 0 Å². The number of anilines is 2. The van der Waals surface area contributed by atoms with Crippen molar-refractivity contribution in [2.45, 2.75) is 32.2 Å². The Morgan fingerprint density at radius 2 is 2.14 bits per heavy atom. The Morgan fingerprint density at radius 1 is 1.43 bits per heavy atom. The molecule has 0 radical (unpaired) electrons. The smallest absolute Gasteiger partial charge is 0.319 e. The van der Waals surface area contributed by atoms with Gasteiger partial charge in [0, 0.05) is 18.8 Å². The monoisotopic (exact) mass is 295 g/mol. The van der Waals surface area contributed by atoms with Gasteiger partial charge >= 0.3 is 6.03 Å². The maximum Gasteiger partial charge on any atom is 0.319 e. The van der Waals surface area contributed by atoms with E-state index in [0.29, 0.717) is 17.8 Å². The van der Waals surface area contributed by atoms with Crippen molar-refractivity contribution in [1.29, 1.82) is 0 Å². The topological polar surface area (TPSA) is 64.6 Å². The molecular weight excluding hydrogens is 273 g/mol. The van der Waals surface area contributed by atoms with Gasteiger partial charge in [0.1, 0.15) is 5.82 Å². The lowest BCUT2D eigenvalue weighted by Gasteiger charge is -2.19. The van der Waals surface area contributed by atoms with E-state index in [-0.39, 0.29) is 18.5 Å². The molecule has 1 saturated heterocycles. The summed E-state index contributed by atoms with van der Waals surface area (Å²) in [6.45, 7) is 3.50. The summed E-state index contributed by atoms with van der Waals surface area (Å²) >= 11 is 0. The molecule has 0 bridgehead atoms. The normalized spacial score (nSPS) is 15.9. The molecule has 1 aliphatic heterocycles. The molecular formula is C15H22FN3O2. The third-order valence-electron chi connectivity index (χ3n) is 3.70. The minimum absolute atomic E-state index is 0.119. The van der Waals surface area contributed by atoms with Gasteiger partial charge in [0.25, 0.3) is 0 Å². The molecule has 2 amide bonds. The number of hydrogen-bond donors (Lipinski definition) is 3. The molecule has 0 aromatic heterocycles. The fourth-order valence-electron chi connectivity index (χ4n) is 2.43. The number of carbonyl (C=O) groups excluding carboxylic acids is 1. The second-order valence-corrected chi connectivity index (χ2v) is 5.25. The van der Waals surface area contributed by atoms with E-state index in [2.05, 4.69) is 10.6 Å². The molecule has 1 fully saturated rings. The zero-order valence-corrected chi connectivity index (χ0v) is 12.2. The van der Waals surface area contributed by atoms with Gasteiger partial charge < -0.3 is 20.6 Å². The number of nitrogens with zero attached hydrogens (tertiary/aromatic N) is 1. The lowest BCUT2D eigenvalue weighted by molar-refractivity contribution is 0.222. The number of aliphatic hydroxyl groups is 1. The third kappa shape index (κ3) is 4.07. The maximum absolute atomic E-state index is 14.1. The number of benzene rings is 1. The Morgan fingerprint density at radius 3 is 2.71 bits per heavy atom. The van der Waals surface area contributed by atoms with Crippen LogP contribution in [-0.2, 0) is 0 Å². The summed E-state index contributed by atoms with van der Waals surface area (Å²) < 4.78 is 14.1. The average Bonchev–Trinajstić information content (AvgIpc) is 2.98. The predicted octanol–water partition coefficient (Wildman–Crippen LogP) is 2.32. The number of aliphatic hydroxyl groups excluding tert-OH is 1. The second kappa shape index (κ2) is 7.26. The lowest BCUT2D eigenvalue weighted by atomic mass is 10.2. The zero-order chi connectivity index (χ0) is 15.2. The first-order valence-electron chi connectivity index (χ1n) is 7.37. The maximum atomic E-state index is 14.1. The van der Waals surface area contributed by atoms with Crippen LogP contribution in [0.5, 0.6) is 0 Å². The molecule has 5 nitrogen and oxygen atoms in total. The lowest BCUT2D eigenvalue weighted by Crippen LogP contribution is -2.39. The molecule has 0 aliphatic carbocycles. The van der Waals surface area contributed by atoms with Crippen LogP contribution < -0.4 is 15.5 Å². The van der Waals surface area contributed by atoms with Crippen LogP contribution in [-0.4, -0.2) is 36.9 Å². The number of hydrogen-bond acceptors (Lipinski definition) is 3. The molecule has 2 rings (SSSR count). The van der Waals surface area contributed by atoms with E-state index in [1.165, 1.54) is 6.07 Å². The molecule has 21 heavy (non-hydrogen) atoms. The van der Waals surface area contributed by atoms with Crippen molar-refractivity contribution < 1.29 is 14.3 Å². The molecule has 1 aromatic rings. The number of halogens is 1. The number of carbonyl (C=O) groups is 1. The van der Waals surface area contributed by atoms with Crippen molar-refractivity contribution in [2.75, 3.05) is 29.9 Å². The van der Waals surface area contributed by atoms with Gasteiger partial charge in [0.05, 0.1) is 18.3 Å². The molecule has 3 N–H and O–H groups in total. The first-order valence-corrected chi connectivity index (χ1v) is 7.37. The van der Waals surface area contributed by atoms with E-state index in [4.69, 9.17) is 5.11 Å². The molecule has 6 heteroatoms. The van der Waals surface area contributed by atoms with Crippen LogP contribution in [0.25, 0.3) is 0 Å². The summed E-state index contributed by atoms with van der Waals surface area (Å²) in [6.07, 6.45) is 2.80. The van der Waals surface area contributed by atoms with Crippen molar-refractivity contribution in [2.24, 2.45) is 0 Å². The highest BCUT2D eigenvalue weighted by Gasteiger charge is 2.17. The highest BCUT2D eigenvalue weighted by atomic mass is 19.1. The first kappa shape index (κ1) is 15.6. The van der Waals surface area contributed by atoms with Crippen LogP contribution >= 0.6 is 0 Å². The number of urea groups is 1. The third-order valence-corrected chi connectivity index (χ3v) is 3.70. The van der Waals surface area contributed by atoms with E-state index in [1.807, 2.05) is 11.8 Å². The van der Waals surface area contributed by atoms with Crippen molar-refractivity contribution in [3.05, 3.63) is 24.0 Å². The van der Waals surface area contributed by atoms with Gasteiger partial charge in [-0.15, -0.1) is 0 Å². The molecule has 1 aliphatic rings. The van der Waals surface area contributed by atoms with Crippen LogP contribution in [0.4, 0.5) is 20.6 Å². The molecule has 1 atom stereocenters. The Hall–Kier alpha value is -1.82. The van der Waals surface area contributed by atoms with Crippen LogP contribution in [0.3, 0.4) is 0 Å². The minimum atomic E-state index is -0.441. The van der Waals surface area contributed by atoms with E-state index in [0.717, 1.165) is 25.9 Å². The van der Waals surface area contributed by atoms with Crippen LogP contribution in [0.2, 0.25) is 0 Å². The predicted molar refractivity (Wildman–Crippen MR) is 81.2 cm³/mol. The number of amides is 2. The second-order valence-electron chi connectivity index (χ2n) is 5.25. The minimum Gasteiger partial charge on any atom is -0.394 e. The molecule has 0 saturated carbocycles. The van der Waals surface area contributed by atoms with Gasteiger partial charge in [-0.05, 0) is 37.5 Å². The van der Waals surface area contributed by atoms with Gasteiger partial charge in [-0.1, -0.05) is 6.92 Å². The summed E-state index contributed by atoms with van der Waals surface area (Å²) in [7, 11) is 0. The number of nitrogens with one attached hydrogen (secondary N) is 2. The summed E-state index contributed by atoms with van der Waals surface area (Å²) in [5, 5.41) is 14.2. The first-order chi connectivity index (χ1) is 10.1. The van der Waals surface area contributed by atoms with Crippen LogP contribution in [0, 0.1) is 5.82 Å². The highest BCUT2D eigenvalue weighted by Crippen LogP contribution is 2.25.